The molecule has 0 saturated heterocycles. The molecule has 0 radical (unpaired) electrons. The van der Waals surface area contributed by atoms with Gasteiger partial charge in [0.2, 0.25) is 11.7 Å². The highest BCUT2D eigenvalue weighted by molar-refractivity contribution is 5.92. The van der Waals surface area contributed by atoms with Gasteiger partial charge in [-0.2, -0.15) is 5.26 Å². The van der Waals surface area contributed by atoms with Crippen LogP contribution in [0.3, 0.4) is 0 Å². The van der Waals surface area contributed by atoms with E-state index in [9.17, 15) is 26.7 Å². The van der Waals surface area contributed by atoms with E-state index in [2.05, 4.69) is 5.32 Å². The number of anilines is 1. The van der Waals surface area contributed by atoms with Crippen LogP contribution in [0.5, 0.6) is 5.75 Å². The zero-order valence-corrected chi connectivity index (χ0v) is 12.4. The van der Waals surface area contributed by atoms with Gasteiger partial charge in [-0.25, -0.2) is 22.0 Å². The van der Waals surface area contributed by atoms with Gasteiger partial charge in [-0.1, -0.05) is 0 Å². The molecule has 0 fully saturated rings. The Hall–Kier alpha value is -3.15. The number of hydrogen-bond acceptors (Lipinski definition) is 3. The first-order valence-electron chi connectivity index (χ1n) is 6.75. The molecule has 0 aliphatic heterocycles. The monoisotopic (exact) mass is 356 g/mol. The fraction of sp³-hybridized carbons (Fsp3) is 0.125. The highest BCUT2D eigenvalue weighted by Crippen LogP contribution is 2.24. The summed E-state index contributed by atoms with van der Waals surface area (Å²) in [7, 11) is 0. The second kappa shape index (κ2) is 7.61. The summed E-state index contributed by atoms with van der Waals surface area (Å²) >= 11 is 0. The van der Waals surface area contributed by atoms with Gasteiger partial charge in [0.1, 0.15) is 11.8 Å². The molecule has 0 spiro atoms. The van der Waals surface area contributed by atoms with Crippen LogP contribution in [-0.2, 0) is 11.2 Å². The average molecular weight is 356 g/mol. The number of ether oxygens (including phenoxy) is 1. The lowest BCUT2D eigenvalue weighted by atomic mass is 10.1. The lowest BCUT2D eigenvalue weighted by Gasteiger charge is -2.09. The molecule has 0 atom stereocenters. The molecule has 0 aliphatic rings. The number of halogens is 5. The Morgan fingerprint density at radius 3 is 2.00 bits per heavy atom. The van der Waals surface area contributed by atoms with Gasteiger partial charge in [0, 0.05) is 11.3 Å². The molecule has 2 aromatic rings. The standard InChI is InChI=1S/C16H9F5N2O2/c17-12-10(13(18)15(20)16(21)14(12)19)7-11(24)23-8-1-3-9(4-2-8)25-6-5-22/h1-4H,6-7H2,(H,23,24). The number of carbonyl (C=O) groups is 1. The molecule has 0 aromatic heterocycles. The molecule has 2 aromatic carbocycles. The molecule has 0 aliphatic carbocycles. The molecule has 0 saturated carbocycles. The third kappa shape index (κ3) is 4.03. The number of nitrogens with one attached hydrogen (secondary N) is 1. The van der Waals surface area contributed by atoms with Crippen molar-refractivity contribution < 1.29 is 31.5 Å². The van der Waals surface area contributed by atoms with E-state index < -0.39 is 47.0 Å². The third-order valence-electron chi connectivity index (χ3n) is 3.08. The predicted molar refractivity (Wildman–Crippen MR) is 76.1 cm³/mol. The molecular formula is C16H9F5N2O2. The molecule has 25 heavy (non-hydrogen) atoms. The van der Waals surface area contributed by atoms with Crippen molar-refractivity contribution in [2.75, 3.05) is 11.9 Å². The minimum Gasteiger partial charge on any atom is -0.479 e. The number of benzene rings is 2. The largest absolute Gasteiger partial charge is 0.479 e. The van der Waals surface area contributed by atoms with Crippen molar-refractivity contribution in [3.8, 4) is 11.8 Å². The van der Waals surface area contributed by atoms with Crippen molar-refractivity contribution >= 4 is 11.6 Å². The Morgan fingerprint density at radius 2 is 1.48 bits per heavy atom. The van der Waals surface area contributed by atoms with Gasteiger partial charge in [-0.05, 0) is 24.3 Å². The van der Waals surface area contributed by atoms with Crippen molar-refractivity contribution in [1.29, 1.82) is 5.26 Å². The third-order valence-corrected chi connectivity index (χ3v) is 3.08. The van der Waals surface area contributed by atoms with Crippen molar-refractivity contribution in [3.63, 3.8) is 0 Å². The fourth-order valence-corrected chi connectivity index (χ4v) is 1.92. The molecular weight excluding hydrogens is 347 g/mol. The Morgan fingerprint density at radius 1 is 0.960 bits per heavy atom. The smallest absolute Gasteiger partial charge is 0.229 e. The summed E-state index contributed by atoms with van der Waals surface area (Å²) in [4.78, 5) is 11.8. The molecule has 2 rings (SSSR count). The van der Waals surface area contributed by atoms with Gasteiger partial charge in [0.15, 0.2) is 29.9 Å². The number of amides is 1. The van der Waals surface area contributed by atoms with Crippen LogP contribution in [0.25, 0.3) is 0 Å². The van der Waals surface area contributed by atoms with E-state index in [0.29, 0.717) is 5.75 Å². The predicted octanol–water partition coefficient (Wildman–Crippen LogP) is 3.47. The van der Waals surface area contributed by atoms with Crippen LogP contribution in [0.1, 0.15) is 5.56 Å². The topological polar surface area (TPSA) is 62.1 Å². The fourth-order valence-electron chi connectivity index (χ4n) is 1.92. The summed E-state index contributed by atoms with van der Waals surface area (Å²) in [5, 5.41) is 10.6. The summed E-state index contributed by atoms with van der Waals surface area (Å²) in [6.07, 6.45) is -1.04. The summed E-state index contributed by atoms with van der Waals surface area (Å²) in [6, 6.07) is 7.36. The van der Waals surface area contributed by atoms with E-state index in [0.717, 1.165) is 0 Å². The molecule has 1 N–H and O–H groups in total. The van der Waals surface area contributed by atoms with Crippen LogP contribution >= 0.6 is 0 Å². The maximum absolute atomic E-state index is 13.5. The van der Waals surface area contributed by atoms with Gasteiger partial charge in [-0.15, -0.1) is 0 Å². The van der Waals surface area contributed by atoms with Gasteiger partial charge >= 0.3 is 0 Å². The molecule has 0 unspecified atom stereocenters. The molecule has 1 amide bonds. The number of nitrogens with zero attached hydrogens (tertiary/aromatic N) is 1. The average Bonchev–Trinajstić information content (AvgIpc) is 2.61. The number of rotatable bonds is 5. The Balaban J connectivity index is 2.12. The Labute approximate surface area is 138 Å². The van der Waals surface area contributed by atoms with Crippen molar-refractivity contribution in [2.45, 2.75) is 6.42 Å². The van der Waals surface area contributed by atoms with Crippen LogP contribution < -0.4 is 10.1 Å². The summed E-state index contributed by atoms with van der Waals surface area (Å²) in [5.41, 5.74) is -1.01. The van der Waals surface area contributed by atoms with E-state index in [4.69, 9.17) is 10.00 Å². The maximum atomic E-state index is 13.5. The highest BCUT2D eigenvalue weighted by Gasteiger charge is 2.26. The first kappa shape index (κ1) is 18.2. The van der Waals surface area contributed by atoms with Crippen molar-refractivity contribution in [1.82, 2.24) is 0 Å². The van der Waals surface area contributed by atoms with E-state index in [-0.39, 0.29) is 12.3 Å². The van der Waals surface area contributed by atoms with Gasteiger partial charge in [0.25, 0.3) is 0 Å². The number of carbonyl (C=O) groups excluding carboxylic acids is 1. The van der Waals surface area contributed by atoms with Crippen LogP contribution in [0.4, 0.5) is 27.6 Å². The van der Waals surface area contributed by atoms with Crippen LogP contribution in [-0.4, -0.2) is 12.5 Å². The summed E-state index contributed by atoms with van der Waals surface area (Å²) in [6.45, 7) is -0.175. The van der Waals surface area contributed by atoms with E-state index >= 15 is 0 Å². The van der Waals surface area contributed by atoms with Crippen LogP contribution in [0.2, 0.25) is 0 Å². The minimum absolute atomic E-state index is 0.175. The Bertz CT molecular complexity index is 818. The second-order valence-corrected chi connectivity index (χ2v) is 4.74. The second-order valence-electron chi connectivity index (χ2n) is 4.74. The van der Waals surface area contributed by atoms with E-state index in [1.165, 1.54) is 24.3 Å². The lowest BCUT2D eigenvalue weighted by Crippen LogP contribution is -2.18. The van der Waals surface area contributed by atoms with Crippen molar-refractivity contribution in [3.05, 3.63) is 58.9 Å². The minimum atomic E-state index is -2.29. The quantitative estimate of drug-likeness (QED) is 0.507. The summed E-state index contributed by atoms with van der Waals surface area (Å²) in [5.74, 6) is -11.2. The molecule has 4 nitrogen and oxygen atoms in total. The van der Waals surface area contributed by atoms with Gasteiger partial charge < -0.3 is 10.1 Å². The zero-order chi connectivity index (χ0) is 18.6. The number of nitriles is 1. The first-order valence-corrected chi connectivity index (χ1v) is 6.75. The summed E-state index contributed by atoms with van der Waals surface area (Å²) < 4.78 is 71.2. The normalized spacial score (nSPS) is 10.2. The molecule has 9 heteroatoms. The zero-order valence-electron chi connectivity index (χ0n) is 12.4. The first-order chi connectivity index (χ1) is 11.8. The molecule has 130 valence electrons. The maximum Gasteiger partial charge on any atom is 0.229 e. The lowest BCUT2D eigenvalue weighted by molar-refractivity contribution is -0.115. The Kier molecular flexibility index (Phi) is 5.54. The number of hydrogen-bond donors (Lipinski definition) is 1. The van der Waals surface area contributed by atoms with Gasteiger partial charge in [0.05, 0.1) is 6.42 Å². The van der Waals surface area contributed by atoms with E-state index in [1.807, 2.05) is 0 Å². The SMILES string of the molecule is N#CCOc1ccc(NC(=O)Cc2c(F)c(F)c(F)c(F)c2F)cc1. The van der Waals surface area contributed by atoms with Crippen molar-refractivity contribution in [2.24, 2.45) is 0 Å². The van der Waals surface area contributed by atoms with E-state index in [1.54, 1.807) is 6.07 Å². The van der Waals surface area contributed by atoms with Crippen LogP contribution in [0.15, 0.2) is 24.3 Å². The van der Waals surface area contributed by atoms with Crippen LogP contribution in [0, 0.1) is 40.4 Å². The highest BCUT2D eigenvalue weighted by atomic mass is 19.2. The van der Waals surface area contributed by atoms with Gasteiger partial charge in [-0.3, -0.25) is 4.79 Å². The molecule has 0 heterocycles. The molecule has 0 bridgehead atoms.